The van der Waals surface area contributed by atoms with Crippen molar-refractivity contribution in [3.8, 4) is 0 Å². The van der Waals surface area contributed by atoms with E-state index in [0.717, 1.165) is 4.90 Å². The largest absolute Gasteiger partial charge is 0.325 e. The van der Waals surface area contributed by atoms with Gasteiger partial charge in [0.1, 0.15) is 17.9 Å². The number of anilines is 1. The minimum absolute atomic E-state index is 0.154. The highest BCUT2D eigenvalue weighted by Gasteiger charge is 2.51. The van der Waals surface area contributed by atoms with Gasteiger partial charge in [0.15, 0.2) is 0 Å². The zero-order valence-electron chi connectivity index (χ0n) is 16.7. The molecule has 0 bridgehead atoms. The number of para-hydroxylation sites is 1. The molecule has 0 unspecified atom stereocenters. The molecule has 2 aromatic rings. The quantitative estimate of drug-likeness (QED) is 0.760. The van der Waals surface area contributed by atoms with Crippen LogP contribution in [0.1, 0.15) is 32.8 Å². The number of benzene rings is 2. The molecule has 0 aromatic heterocycles. The summed E-state index contributed by atoms with van der Waals surface area (Å²) in [6, 6.07) is 13.8. The molecule has 0 radical (unpaired) electrons. The number of carbonyl (C=O) groups excluding carboxylic acids is 3. The molecule has 1 atom stereocenters. The van der Waals surface area contributed by atoms with E-state index in [1.165, 1.54) is 24.3 Å². The Morgan fingerprint density at radius 2 is 1.72 bits per heavy atom. The normalized spacial score (nSPS) is 18.9. The maximum atomic E-state index is 13.3. The van der Waals surface area contributed by atoms with Crippen LogP contribution in [0.5, 0.6) is 0 Å². The summed E-state index contributed by atoms with van der Waals surface area (Å²) in [6.45, 7) is 5.12. The minimum atomic E-state index is -1.31. The molecule has 2 aromatic carbocycles. The Morgan fingerprint density at radius 3 is 2.28 bits per heavy atom. The lowest BCUT2D eigenvalue weighted by molar-refractivity contribution is -0.134. The fraction of sp³-hybridized carbons (Fsp3) is 0.318. The summed E-state index contributed by atoms with van der Waals surface area (Å²) < 4.78 is 13.3. The summed E-state index contributed by atoms with van der Waals surface area (Å²) in [4.78, 5) is 41.3. The third kappa shape index (κ3) is 3.72. The van der Waals surface area contributed by atoms with Gasteiger partial charge in [-0.3, -0.25) is 14.5 Å². The zero-order valence-corrected chi connectivity index (χ0v) is 16.7. The Hall–Kier alpha value is -3.22. The van der Waals surface area contributed by atoms with E-state index in [2.05, 4.69) is 5.32 Å². The van der Waals surface area contributed by atoms with Gasteiger partial charge in [-0.1, -0.05) is 37.3 Å². The van der Waals surface area contributed by atoms with E-state index in [-0.39, 0.29) is 24.9 Å². The van der Waals surface area contributed by atoms with E-state index in [1.54, 1.807) is 24.0 Å². The second kappa shape index (κ2) is 8.03. The Bertz CT molecular complexity index is 915. The molecule has 3 rings (SSSR count). The number of halogens is 1. The second-order valence-corrected chi connectivity index (χ2v) is 7.28. The fourth-order valence-corrected chi connectivity index (χ4v) is 3.67. The van der Waals surface area contributed by atoms with Crippen LogP contribution in [-0.2, 0) is 15.1 Å². The van der Waals surface area contributed by atoms with E-state index >= 15 is 0 Å². The van der Waals surface area contributed by atoms with Gasteiger partial charge in [0, 0.05) is 11.7 Å². The van der Waals surface area contributed by atoms with Gasteiger partial charge in [0.25, 0.3) is 5.91 Å². The number of carbonyl (C=O) groups is 3. The van der Waals surface area contributed by atoms with Crippen LogP contribution < -0.4 is 10.2 Å². The van der Waals surface area contributed by atoms with Gasteiger partial charge in [-0.2, -0.15) is 0 Å². The highest BCUT2D eigenvalue weighted by atomic mass is 19.1. The van der Waals surface area contributed by atoms with E-state index in [1.807, 2.05) is 32.0 Å². The van der Waals surface area contributed by atoms with Gasteiger partial charge < -0.3 is 10.2 Å². The van der Waals surface area contributed by atoms with E-state index in [0.29, 0.717) is 11.3 Å². The summed E-state index contributed by atoms with van der Waals surface area (Å²) in [5.74, 6) is -1.30. The van der Waals surface area contributed by atoms with Crippen molar-refractivity contribution in [3.05, 3.63) is 66.0 Å². The van der Waals surface area contributed by atoms with Crippen LogP contribution in [0, 0.1) is 5.82 Å². The minimum Gasteiger partial charge on any atom is -0.319 e. The SMILES string of the molecule is CC[C@@]1(c2ccc(F)cc2)NC(=O)N(CC(=O)N(c2ccccc2)C(C)C)C1=O. The van der Waals surface area contributed by atoms with Crippen molar-refractivity contribution in [2.45, 2.75) is 38.8 Å². The summed E-state index contributed by atoms with van der Waals surface area (Å²) in [6.07, 6.45) is 0.278. The van der Waals surface area contributed by atoms with Gasteiger partial charge >= 0.3 is 6.03 Å². The number of hydrogen-bond donors (Lipinski definition) is 1. The highest BCUT2D eigenvalue weighted by Crippen LogP contribution is 2.32. The summed E-state index contributed by atoms with van der Waals surface area (Å²) in [5, 5.41) is 2.71. The number of hydrogen-bond acceptors (Lipinski definition) is 3. The van der Waals surface area contributed by atoms with Gasteiger partial charge in [0.05, 0.1) is 0 Å². The van der Waals surface area contributed by atoms with Gasteiger partial charge in [-0.25, -0.2) is 9.18 Å². The van der Waals surface area contributed by atoms with E-state index in [9.17, 15) is 18.8 Å². The maximum Gasteiger partial charge on any atom is 0.325 e. The number of nitrogens with one attached hydrogen (secondary N) is 1. The van der Waals surface area contributed by atoms with Crippen LogP contribution in [-0.4, -0.2) is 35.3 Å². The predicted octanol–water partition coefficient (Wildman–Crippen LogP) is 3.42. The third-order valence-electron chi connectivity index (χ3n) is 5.16. The predicted molar refractivity (Wildman–Crippen MR) is 108 cm³/mol. The lowest BCUT2D eigenvalue weighted by Gasteiger charge is -2.29. The number of imide groups is 1. The highest BCUT2D eigenvalue weighted by molar-refractivity contribution is 6.10. The first-order valence-corrected chi connectivity index (χ1v) is 9.57. The van der Waals surface area contributed by atoms with Gasteiger partial charge in [-0.15, -0.1) is 0 Å². The molecule has 0 aliphatic carbocycles. The smallest absolute Gasteiger partial charge is 0.319 e. The lowest BCUT2D eigenvalue weighted by atomic mass is 9.87. The molecular formula is C22H24FN3O3. The van der Waals surface area contributed by atoms with Crippen LogP contribution in [0.15, 0.2) is 54.6 Å². The van der Waals surface area contributed by atoms with Crippen LogP contribution in [0.3, 0.4) is 0 Å². The third-order valence-corrected chi connectivity index (χ3v) is 5.16. The monoisotopic (exact) mass is 397 g/mol. The number of rotatable bonds is 6. The first-order chi connectivity index (χ1) is 13.8. The fourth-order valence-electron chi connectivity index (χ4n) is 3.67. The number of amides is 4. The molecule has 6 nitrogen and oxygen atoms in total. The molecule has 29 heavy (non-hydrogen) atoms. The lowest BCUT2D eigenvalue weighted by Crippen LogP contribution is -2.47. The van der Waals surface area contributed by atoms with Gasteiger partial charge in [-0.05, 0) is 50.1 Å². The molecule has 1 aliphatic rings. The van der Waals surface area contributed by atoms with Crippen LogP contribution in [0.2, 0.25) is 0 Å². The first kappa shape index (κ1) is 20.5. The second-order valence-electron chi connectivity index (χ2n) is 7.28. The maximum absolute atomic E-state index is 13.3. The molecular weight excluding hydrogens is 373 g/mol. The standard InChI is InChI=1S/C22H24FN3O3/c1-4-22(16-10-12-17(23)13-11-16)20(28)25(21(29)24-22)14-19(27)26(15(2)3)18-8-6-5-7-9-18/h5-13,15H,4,14H2,1-3H3,(H,24,29)/t22-/m0/s1. The molecule has 0 saturated carbocycles. The Kier molecular flexibility index (Phi) is 5.68. The van der Waals surface area contributed by atoms with Crippen molar-refractivity contribution in [2.24, 2.45) is 0 Å². The van der Waals surface area contributed by atoms with Crippen molar-refractivity contribution in [2.75, 3.05) is 11.4 Å². The van der Waals surface area contributed by atoms with Crippen LogP contribution in [0.4, 0.5) is 14.9 Å². The topological polar surface area (TPSA) is 69.7 Å². The molecule has 4 amide bonds. The molecule has 1 fully saturated rings. The van der Waals surface area contributed by atoms with Crippen LogP contribution in [0.25, 0.3) is 0 Å². The van der Waals surface area contributed by atoms with Crippen molar-refractivity contribution < 1.29 is 18.8 Å². The molecule has 7 heteroatoms. The molecule has 1 N–H and O–H groups in total. The van der Waals surface area contributed by atoms with Crippen molar-refractivity contribution >= 4 is 23.5 Å². The van der Waals surface area contributed by atoms with Crippen molar-refractivity contribution in [1.82, 2.24) is 10.2 Å². The van der Waals surface area contributed by atoms with Gasteiger partial charge in [0.2, 0.25) is 5.91 Å². The first-order valence-electron chi connectivity index (χ1n) is 9.57. The Morgan fingerprint density at radius 1 is 1.10 bits per heavy atom. The molecule has 152 valence electrons. The molecule has 1 heterocycles. The number of urea groups is 1. The molecule has 0 spiro atoms. The number of nitrogens with zero attached hydrogens (tertiary/aromatic N) is 2. The van der Waals surface area contributed by atoms with Crippen molar-refractivity contribution in [1.29, 1.82) is 0 Å². The summed E-state index contributed by atoms with van der Waals surface area (Å²) in [5.41, 5.74) is -0.126. The van der Waals surface area contributed by atoms with Crippen molar-refractivity contribution in [3.63, 3.8) is 0 Å². The Balaban J connectivity index is 1.87. The average Bonchev–Trinajstić information content (AvgIpc) is 2.94. The summed E-state index contributed by atoms with van der Waals surface area (Å²) in [7, 11) is 0. The van der Waals surface area contributed by atoms with E-state index in [4.69, 9.17) is 0 Å². The Labute approximate surface area is 169 Å². The molecule has 1 aliphatic heterocycles. The van der Waals surface area contributed by atoms with E-state index < -0.39 is 23.3 Å². The van der Waals surface area contributed by atoms with Crippen LogP contribution >= 0.6 is 0 Å². The average molecular weight is 397 g/mol. The summed E-state index contributed by atoms with van der Waals surface area (Å²) >= 11 is 0. The zero-order chi connectivity index (χ0) is 21.2. The molecule has 1 saturated heterocycles.